The van der Waals surface area contributed by atoms with Crippen molar-refractivity contribution in [2.75, 3.05) is 18.9 Å². The van der Waals surface area contributed by atoms with Gasteiger partial charge in [0, 0.05) is 40.9 Å². The quantitative estimate of drug-likeness (QED) is 0.440. The lowest BCUT2D eigenvalue weighted by Gasteiger charge is -2.25. The molecule has 1 aromatic heterocycles. The molecule has 0 radical (unpaired) electrons. The number of nitrogens with zero attached hydrogens (tertiary/aromatic N) is 3. The maximum Gasteiger partial charge on any atom is 0.228 e. The lowest BCUT2D eigenvalue weighted by molar-refractivity contribution is 0.313. The van der Waals surface area contributed by atoms with Crippen molar-refractivity contribution in [1.82, 2.24) is 14.9 Å². The number of likely N-dealkylation sites (N-methyl/N-ethyl adjacent to an activating group) is 1. The molecule has 0 amide bonds. The van der Waals surface area contributed by atoms with Crippen molar-refractivity contribution in [2.45, 2.75) is 19.9 Å². The van der Waals surface area contributed by atoms with E-state index in [1.807, 2.05) is 25.1 Å². The number of aromatic nitrogens is 2. The van der Waals surface area contributed by atoms with Gasteiger partial charge in [-0.25, -0.2) is 14.4 Å². The van der Waals surface area contributed by atoms with Crippen LogP contribution in [0.2, 0.25) is 0 Å². The van der Waals surface area contributed by atoms with Crippen LogP contribution in [0.25, 0.3) is 33.3 Å². The minimum atomic E-state index is -0.223. The summed E-state index contributed by atoms with van der Waals surface area (Å²) in [4.78, 5) is 11.8. The summed E-state index contributed by atoms with van der Waals surface area (Å²) in [6.45, 7) is 3.98. The highest BCUT2D eigenvalue weighted by Gasteiger charge is 2.29. The largest absolute Gasteiger partial charge is 0.324 e. The number of nitrogens with one attached hydrogen (secondary N) is 1. The monoisotopic (exact) mass is 396 g/mol. The molecule has 1 aliphatic heterocycles. The van der Waals surface area contributed by atoms with Crippen LogP contribution < -0.4 is 5.32 Å². The van der Waals surface area contributed by atoms with E-state index in [2.05, 4.69) is 40.4 Å². The zero-order valence-corrected chi connectivity index (χ0v) is 17.0. The normalized spacial score (nSPS) is 14.6. The molecule has 3 aromatic carbocycles. The first-order valence-corrected chi connectivity index (χ1v) is 10.3. The summed E-state index contributed by atoms with van der Waals surface area (Å²) >= 11 is 0. The van der Waals surface area contributed by atoms with Crippen molar-refractivity contribution >= 4 is 22.5 Å². The van der Waals surface area contributed by atoms with E-state index in [0.717, 1.165) is 58.5 Å². The molecule has 0 saturated carbocycles. The Morgan fingerprint density at radius 2 is 1.87 bits per heavy atom. The van der Waals surface area contributed by atoms with E-state index in [1.165, 1.54) is 17.2 Å². The van der Waals surface area contributed by atoms with Gasteiger partial charge in [0.1, 0.15) is 5.82 Å². The van der Waals surface area contributed by atoms with Gasteiger partial charge < -0.3 is 10.2 Å². The molecule has 6 rings (SSSR count). The zero-order chi connectivity index (χ0) is 20.4. The predicted molar refractivity (Wildman–Crippen MR) is 118 cm³/mol. The first kappa shape index (κ1) is 17.5. The second kappa shape index (κ2) is 6.34. The van der Waals surface area contributed by atoms with Gasteiger partial charge in [-0.15, -0.1) is 0 Å². The Balaban J connectivity index is 1.42. The molecule has 0 unspecified atom stereocenters. The molecule has 4 nitrogen and oxygen atoms in total. The number of anilines is 2. The topological polar surface area (TPSA) is 41.1 Å². The van der Waals surface area contributed by atoms with Gasteiger partial charge in [0.05, 0.1) is 11.2 Å². The van der Waals surface area contributed by atoms with E-state index < -0.39 is 0 Å². The summed E-state index contributed by atoms with van der Waals surface area (Å²) < 4.78 is 14.7. The van der Waals surface area contributed by atoms with Crippen molar-refractivity contribution in [3.05, 3.63) is 71.0 Å². The highest BCUT2D eigenvalue weighted by molar-refractivity contribution is 6.21. The Morgan fingerprint density at radius 3 is 2.73 bits per heavy atom. The number of halogens is 1. The van der Waals surface area contributed by atoms with Crippen LogP contribution in [-0.4, -0.2) is 28.5 Å². The lowest BCUT2D eigenvalue weighted by Crippen LogP contribution is -2.26. The molecule has 30 heavy (non-hydrogen) atoms. The first-order valence-electron chi connectivity index (χ1n) is 10.3. The summed E-state index contributed by atoms with van der Waals surface area (Å²) in [5.41, 5.74) is 8.94. The molecule has 2 aliphatic rings. The number of hydrogen-bond donors (Lipinski definition) is 1. The van der Waals surface area contributed by atoms with E-state index in [9.17, 15) is 4.39 Å². The van der Waals surface area contributed by atoms with Gasteiger partial charge in [0.25, 0.3) is 0 Å². The summed E-state index contributed by atoms with van der Waals surface area (Å²) in [5.74, 6) is 0.331. The van der Waals surface area contributed by atoms with Crippen LogP contribution in [0.1, 0.15) is 16.7 Å². The summed E-state index contributed by atoms with van der Waals surface area (Å²) in [7, 11) is 2.15. The minimum Gasteiger partial charge on any atom is -0.324 e. The van der Waals surface area contributed by atoms with Crippen LogP contribution in [0.15, 0.2) is 48.5 Å². The maximum atomic E-state index is 14.7. The molecule has 0 bridgehead atoms. The predicted octanol–water partition coefficient (Wildman–Crippen LogP) is 5.46. The molecule has 0 atom stereocenters. The Kier molecular flexibility index (Phi) is 3.71. The first-order chi connectivity index (χ1) is 14.6. The standard InChI is InChI=1S/C25H21FN4/c1-14-4-3-5-20(26)21(14)18-8-9-19-22-23(18)28-25(29-24(19)22)27-17-7-6-15-10-11-30(2)13-16(15)12-17/h3-9,12H,10-11,13H2,1-2H3,(H,27,28,29). The third-order valence-corrected chi connectivity index (χ3v) is 6.20. The van der Waals surface area contributed by atoms with Gasteiger partial charge in [0.15, 0.2) is 0 Å². The number of aryl methyl sites for hydroxylation is 1. The van der Waals surface area contributed by atoms with Crippen LogP contribution in [0.4, 0.5) is 16.0 Å². The average molecular weight is 396 g/mol. The zero-order valence-electron chi connectivity index (χ0n) is 17.0. The molecule has 1 aliphatic carbocycles. The van der Waals surface area contributed by atoms with Gasteiger partial charge in [-0.3, -0.25) is 0 Å². The number of benzene rings is 3. The molecule has 0 fully saturated rings. The summed E-state index contributed by atoms with van der Waals surface area (Å²) in [6, 6.07) is 15.6. The molecule has 4 aromatic rings. The van der Waals surface area contributed by atoms with Crippen LogP contribution in [0, 0.1) is 12.7 Å². The Labute approximate surface area is 174 Å². The fourth-order valence-electron chi connectivity index (χ4n) is 4.58. The van der Waals surface area contributed by atoms with E-state index in [0.29, 0.717) is 11.5 Å². The molecule has 5 heteroatoms. The molecular weight excluding hydrogens is 375 g/mol. The van der Waals surface area contributed by atoms with Gasteiger partial charge in [-0.2, -0.15) is 0 Å². The average Bonchev–Trinajstić information content (AvgIpc) is 3.43. The smallest absolute Gasteiger partial charge is 0.228 e. The fraction of sp³-hybridized carbons (Fsp3) is 0.200. The van der Waals surface area contributed by atoms with Crippen molar-refractivity contribution in [3.8, 4) is 22.4 Å². The SMILES string of the molecule is Cc1cccc(F)c1-c1ccc2c3c-2nc(Nc2ccc4c(c2)CN(C)CC4)nc13. The number of hydrogen-bond acceptors (Lipinski definition) is 4. The molecule has 2 heterocycles. The molecule has 0 saturated heterocycles. The minimum absolute atomic E-state index is 0.223. The Morgan fingerprint density at radius 1 is 1.00 bits per heavy atom. The molecule has 1 N–H and O–H groups in total. The van der Waals surface area contributed by atoms with Crippen molar-refractivity contribution in [1.29, 1.82) is 0 Å². The van der Waals surface area contributed by atoms with Gasteiger partial charge in [-0.05, 0) is 55.3 Å². The second-order valence-corrected chi connectivity index (χ2v) is 8.31. The second-order valence-electron chi connectivity index (χ2n) is 8.31. The van der Waals surface area contributed by atoms with Crippen molar-refractivity contribution in [2.24, 2.45) is 0 Å². The molecular formula is C25H21FN4. The van der Waals surface area contributed by atoms with Crippen LogP contribution in [0.5, 0.6) is 0 Å². The number of fused-ring (bicyclic) bond motifs is 2. The Hall–Kier alpha value is -3.31. The van der Waals surface area contributed by atoms with E-state index in [1.54, 1.807) is 6.07 Å². The van der Waals surface area contributed by atoms with Crippen molar-refractivity contribution in [3.63, 3.8) is 0 Å². The summed E-state index contributed by atoms with van der Waals surface area (Å²) in [6.07, 6.45) is 1.08. The van der Waals surface area contributed by atoms with E-state index in [4.69, 9.17) is 4.98 Å². The maximum absolute atomic E-state index is 14.7. The van der Waals surface area contributed by atoms with Gasteiger partial charge >= 0.3 is 0 Å². The summed E-state index contributed by atoms with van der Waals surface area (Å²) in [5, 5.41) is 4.43. The van der Waals surface area contributed by atoms with Crippen LogP contribution >= 0.6 is 0 Å². The van der Waals surface area contributed by atoms with Crippen LogP contribution in [-0.2, 0) is 13.0 Å². The number of rotatable bonds is 3. The highest BCUT2D eigenvalue weighted by Crippen LogP contribution is 2.49. The fourth-order valence-corrected chi connectivity index (χ4v) is 4.58. The third-order valence-electron chi connectivity index (χ3n) is 6.20. The van der Waals surface area contributed by atoms with E-state index in [-0.39, 0.29) is 5.82 Å². The molecule has 0 spiro atoms. The molecule has 148 valence electrons. The van der Waals surface area contributed by atoms with Crippen LogP contribution in [0.3, 0.4) is 0 Å². The van der Waals surface area contributed by atoms with Gasteiger partial charge in [0.2, 0.25) is 5.95 Å². The third kappa shape index (κ3) is 2.70. The highest BCUT2D eigenvalue weighted by atomic mass is 19.1. The van der Waals surface area contributed by atoms with E-state index >= 15 is 0 Å². The lowest BCUT2D eigenvalue weighted by atomic mass is 9.99. The Bertz CT molecular complexity index is 1320. The van der Waals surface area contributed by atoms with Crippen molar-refractivity contribution < 1.29 is 4.39 Å². The van der Waals surface area contributed by atoms with Gasteiger partial charge in [-0.1, -0.05) is 30.3 Å².